The second kappa shape index (κ2) is 4.64. The average Bonchev–Trinajstić information content (AvgIpc) is 3.19. The summed E-state index contributed by atoms with van der Waals surface area (Å²) in [5, 5.41) is 14.3. The van der Waals surface area contributed by atoms with Gasteiger partial charge < -0.3 is 9.63 Å². The van der Waals surface area contributed by atoms with Gasteiger partial charge in [-0.3, -0.25) is 4.90 Å². The first-order valence-electron chi connectivity index (χ1n) is 7.47. The predicted molar refractivity (Wildman–Crippen MR) is 77.4 cm³/mol. The fourth-order valence-electron chi connectivity index (χ4n) is 3.05. The molecule has 5 nitrogen and oxygen atoms in total. The van der Waals surface area contributed by atoms with Gasteiger partial charge in [0, 0.05) is 18.7 Å². The van der Waals surface area contributed by atoms with Crippen molar-refractivity contribution in [3.05, 3.63) is 35.7 Å². The number of aryl methyl sites for hydroxylation is 1. The second-order valence-corrected chi connectivity index (χ2v) is 6.40. The van der Waals surface area contributed by atoms with Crippen molar-refractivity contribution in [2.75, 3.05) is 13.1 Å². The summed E-state index contributed by atoms with van der Waals surface area (Å²) in [6.07, 6.45) is 2.34. The zero-order valence-electron chi connectivity index (χ0n) is 12.1. The Morgan fingerprint density at radius 2 is 2.00 bits per heavy atom. The van der Waals surface area contributed by atoms with Gasteiger partial charge in [-0.25, -0.2) is 0 Å². The minimum atomic E-state index is -0.455. The first kappa shape index (κ1) is 13.0. The smallest absolute Gasteiger partial charge is 0.257 e. The van der Waals surface area contributed by atoms with Crippen LogP contribution >= 0.6 is 0 Å². The molecule has 1 saturated carbocycles. The first-order valence-corrected chi connectivity index (χ1v) is 7.47. The van der Waals surface area contributed by atoms with Gasteiger partial charge in [-0.15, -0.1) is 0 Å². The van der Waals surface area contributed by atoms with Gasteiger partial charge in [0.15, 0.2) is 5.82 Å². The standard InChI is InChI=1S/C16H19N3O2/c1-11-2-4-12(5-3-11)15-17-14(18-21-15)8-19-9-16(20,10-19)13-6-7-13/h2-5,13,20H,6-10H2,1H3. The van der Waals surface area contributed by atoms with E-state index in [9.17, 15) is 5.11 Å². The van der Waals surface area contributed by atoms with Crippen LogP contribution in [0.25, 0.3) is 11.5 Å². The maximum Gasteiger partial charge on any atom is 0.257 e. The number of hydrogen-bond acceptors (Lipinski definition) is 5. The molecule has 2 aliphatic rings. The third kappa shape index (κ3) is 2.47. The average molecular weight is 285 g/mol. The molecule has 5 heteroatoms. The minimum Gasteiger partial charge on any atom is -0.387 e. The summed E-state index contributed by atoms with van der Waals surface area (Å²) in [5.41, 5.74) is 1.69. The Bertz CT molecular complexity index is 640. The summed E-state index contributed by atoms with van der Waals surface area (Å²) in [6, 6.07) is 8.04. The van der Waals surface area contributed by atoms with Gasteiger partial charge in [-0.05, 0) is 37.8 Å². The lowest BCUT2D eigenvalue weighted by atomic mass is 9.89. The van der Waals surface area contributed by atoms with Crippen LogP contribution in [0.2, 0.25) is 0 Å². The van der Waals surface area contributed by atoms with Crippen molar-refractivity contribution in [1.29, 1.82) is 0 Å². The first-order chi connectivity index (χ1) is 10.1. The second-order valence-electron chi connectivity index (χ2n) is 6.40. The molecule has 1 aliphatic carbocycles. The van der Waals surface area contributed by atoms with Crippen LogP contribution in [0.1, 0.15) is 24.2 Å². The van der Waals surface area contributed by atoms with E-state index in [-0.39, 0.29) is 0 Å². The SMILES string of the molecule is Cc1ccc(-c2nc(CN3CC(O)(C4CC4)C3)no2)cc1. The third-order valence-corrected chi connectivity index (χ3v) is 4.46. The molecule has 2 aromatic rings. The Kier molecular flexibility index (Phi) is 2.87. The number of likely N-dealkylation sites (tertiary alicyclic amines) is 1. The van der Waals surface area contributed by atoms with E-state index < -0.39 is 5.60 Å². The number of hydrogen-bond donors (Lipinski definition) is 1. The predicted octanol–water partition coefficient (Wildman–Crippen LogP) is 2.00. The van der Waals surface area contributed by atoms with Crippen LogP contribution in [-0.2, 0) is 6.54 Å². The van der Waals surface area contributed by atoms with Gasteiger partial charge in [0.05, 0.1) is 12.1 Å². The zero-order chi connectivity index (χ0) is 14.4. The highest BCUT2D eigenvalue weighted by molar-refractivity contribution is 5.53. The van der Waals surface area contributed by atoms with Crippen LogP contribution in [0.3, 0.4) is 0 Å². The molecule has 2 heterocycles. The maximum absolute atomic E-state index is 10.3. The molecule has 1 aromatic carbocycles. The Labute approximate surface area is 123 Å². The molecular weight excluding hydrogens is 266 g/mol. The van der Waals surface area contributed by atoms with Crippen molar-refractivity contribution in [3.8, 4) is 11.5 Å². The van der Waals surface area contributed by atoms with E-state index in [1.165, 1.54) is 18.4 Å². The van der Waals surface area contributed by atoms with Gasteiger partial charge in [0.1, 0.15) is 0 Å². The van der Waals surface area contributed by atoms with Crippen LogP contribution in [0.5, 0.6) is 0 Å². The summed E-state index contributed by atoms with van der Waals surface area (Å²) in [7, 11) is 0. The maximum atomic E-state index is 10.3. The molecule has 1 saturated heterocycles. The molecule has 110 valence electrons. The van der Waals surface area contributed by atoms with Crippen LogP contribution in [0.4, 0.5) is 0 Å². The van der Waals surface area contributed by atoms with E-state index in [0.717, 1.165) is 18.7 Å². The van der Waals surface area contributed by atoms with E-state index >= 15 is 0 Å². The minimum absolute atomic E-state index is 0.455. The monoisotopic (exact) mass is 285 g/mol. The summed E-state index contributed by atoms with van der Waals surface area (Å²) in [4.78, 5) is 6.61. The molecule has 4 rings (SSSR count). The highest BCUT2D eigenvalue weighted by Crippen LogP contribution is 2.44. The summed E-state index contributed by atoms with van der Waals surface area (Å²) in [6.45, 7) is 4.15. The normalized spacial score (nSPS) is 21.2. The van der Waals surface area contributed by atoms with Crippen LogP contribution < -0.4 is 0 Å². The van der Waals surface area contributed by atoms with Crippen molar-refractivity contribution in [2.45, 2.75) is 31.9 Å². The van der Waals surface area contributed by atoms with Crippen molar-refractivity contribution in [3.63, 3.8) is 0 Å². The van der Waals surface area contributed by atoms with Gasteiger partial charge in [0.2, 0.25) is 0 Å². The van der Waals surface area contributed by atoms with Crippen molar-refractivity contribution in [2.24, 2.45) is 5.92 Å². The fourth-order valence-corrected chi connectivity index (χ4v) is 3.05. The Morgan fingerprint density at radius 1 is 1.29 bits per heavy atom. The topological polar surface area (TPSA) is 62.4 Å². The van der Waals surface area contributed by atoms with Crippen LogP contribution in [-0.4, -0.2) is 38.8 Å². The number of β-amino-alcohol motifs (C(OH)–C–C–N with tert-alkyl or cyclic N) is 1. The van der Waals surface area contributed by atoms with E-state index in [4.69, 9.17) is 4.52 Å². The number of benzene rings is 1. The largest absolute Gasteiger partial charge is 0.387 e. The molecule has 1 aromatic heterocycles. The zero-order valence-corrected chi connectivity index (χ0v) is 12.1. The summed E-state index contributed by atoms with van der Waals surface area (Å²) in [5.74, 6) is 1.76. The highest BCUT2D eigenvalue weighted by atomic mass is 16.5. The summed E-state index contributed by atoms with van der Waals surface area (Å²) < 4.78 is 5.32. The lowest BCUT2D eigenvalue weighted by Crippen LogP contribution is -2.62. The highest BCUT2D eigenvalue weighted by Gasteiger charge is 2.51. The molecule has 2 fully saturated rings. The van der Waals surface area contributed by atoms with E-state index in [0.29, 0.717) is 24.2 Å². The lowest BCUT2D eigenvalue weighted by molar-refractivity contribution is -0.117. The van der Waals surface area contributed by atoms with E-state index in [1.807, 2.05) is 31.2 Å². The number of aliphatic hydroxyl groups is 1. The molecule has 1 N–H and O–H groups in total. The molecular formula is C16H19N3O2. The fraction of sp³-hybridized carbons (Fsp3) is 0.500. The van der Waals surface area contributed by atoms with E-state index in [2.05, 4.69) is 15.0 Å². The molecule has 0 spiro atoms. The molecule has 0 bridgehead atoms. The lowest BCUT2D eigenvalue weighted by Gasteiger charge is -2.46. The molecule has 1 aliphatic heterocycles. The van der Waals surface area contributed by atoms with Crippen molar-refractivity contribution in [1.82, 2.24) is 15.0 Å². The van der Waals surface area contributed by atoms with Crippen molar-refractivity contribution >= 4 is 0 Å². The third-order valence-electron chi connectivity index (χ3n) is 4.46. The van der Waals surface area contributed by atoms with Crippen molar-refractivity contribution < 1.29 is 9.63 Å². The van der Waals surface area contributed by atoms with Gasteiger partial charge in [-0.1, -0.05) is 22.9 Å². The van der Waals surface area contributed by atoms with Gasteiger partial charge >= 0.3 is 0 Å². The van der Waals surface area contributed by atoms with Crippen LogP contribution in [0.15, 0.2) is 28.8 Å². The molecule has 0 atom stereocenters. The molecule has 21 heavy (non-hydrogen) atoms. The van der Waals surface area contributed by atoms with E-state index in [1.54, 1.807) is 0 Å². The Morgan fingerprint density at radius 3 is 2.67 bits per heavy atom. The van der Waals surface area contributed by atoms with Crippen LogP contribution in [0, 0.1) is 12.8 Å². The number of nitrogens with zero attached hydrogens (tertiary/aromatic N) is 3. The number of aromatic nitrogens is 2. The van der Waals surface area contributed by atoms with Gasteiger partial charge in [0.25, 0.3) is 5.89 Å². The number of rotatable bonds is 4. The Balaban J connectivity index is 1.40. The molecule has 0 unspecified atom stereocenters. The Hall–Kier alpha value is -1.72. The molecule has 0 amide bonds. The quantitative estimate of drug-likeness (QED) is 0.931. The molecule has 0 radical (unpaired) electrons. The summed E-state index contributed by atoms with van der Waals surface area (Å²) >= 11 is 0. The van der Waals surface area contributed by atoms with Gasteiger partial charge in [-0.2, -0.15) is 4.98 Å².